The van der Waals surface area contributed by atoms with Gasteiger partial charge >= 0.3 is 0 Å². The van der Waals surface area contributed by atoms with E-state index in [0.717, 1.165) is 11.4 Å². The predicted molar refractivity (Wildman–Crippen MR) is 74.0 cm³/mol. The number of rotatable bonds is 2. The molecular formula is C11H14N4O2S2. The highest BCUT2D eigenvalue weighted by molar-refractivity contribution is 8.01. The molecule has 3 heterocycles. The van der Waals surface area contributed by atoms with Gasteiger partial charge in [-0.3, -0.25) is 14.9 Å². The highest BCUT2D eigenvalue weighted by Gasteiger charge is 2.52. The van der Waals surface area contributed by atoms with Gasteiger partial charge in [-0.2, -0.15) is 0 Å². The quantitative estimate of drug-likeness (QED) is 0.889. The molecule has 1 aromatic rings. The lowest BCUT2D eigenvalue weighted by molar-refractivity contribution is -0.135. The summed E-state index contributed by atoms with van der Waals surface area (Å²) in [5.74, 6) is 0.551. The molecule has 102 valence electrons. The number of hydrogen-bond acceptors (Lipinski definition) is 6. The fourth-order valence-electron chi connectivity index (χ4n) is 2.55. The maximum absolute atomic E-state index is 12.3. The molecule has 0 radical (unpaired) electrons. The number of carbonyl (C=O) groups excluding carboxylic acids is 2. The minimum Gasteiger partial charge on any atom is -0.315 e. The largest absolute Gasteiger partial charge is 0.315 e. The first kappa shape index (κ1) is 12.9. The van der Waals surface area contributed by atoms with Crippen LogP contribution in [0.25, 0.3) is 0 Å². The highest BCUT2D eigenvalue weighted by Crippen LogP contribution is 2.47. The van der Waals surface area contributed by atoms with Crippen molar-refractivity contribution in [3.8, 4) is 0 Å². The van der Waals surface area contributed by atoms with Crippen LogP contribution in [0.15, 0.2) is 0 Å². The molecule has 1 aromatic heterocycles. The molecular weight excluding hydrogens is 284 g/mol. The van der Waals surface area contributed by atoms with Crippen molar-refractivity contribution < 1.29 is 9.59 Å². The molecule has 1 N–H and O–H groups in total. The third-order valence-corrected chi connectivity index (χ3v) is 5.76. The Morgan fingerprint density at radius 3 is 3.00 bits per heavy atom. The monoisotopic (exact) mass is 298 g/mol. The molecule has 2 saturated heterocycles. The number of carbonyl (C=O) groups is 2. The van der Waals surface area contributed by atoms with Gasteiger partial charge in [0, 0.05) is 12.2 Å². The molecule has 8 heteroatoms. The van der Waals surface area contributed by atoms with Crippen LogP contribution in [0.3, 0.4) is 0 Å². The topological polar surface area (TPSA) is 75.2 Å². The van der Waals surface area contributed by atoms with Crippen molar-refractivity contribution in [2.75, 3.05) is 11.1 Å². The number of hydrogen-bond donors (Lipinski definition) is 1. The van der Waals surface area contributed by atoms with Gasteiger partial charge in [-0.25, -0.2) is 0 Å². The molecule has 19 heavy (non-hydrogen) atoms. The standard InChI is InChI=1S/C11H14N4O2S2/c1-6-13-14-10(19-6)12-9(17)7-5-18-11(2)4-3-8(16)15(7)11/h7H,3-5H2,1-2H3,(H,12,14,17)/t7-,11+/m1/s1. The van der Waals surface area contributed by atoms with Crippen LogP contribution in [0.2, 0.25) is 0 Å². The number of anilines is 1. The first-order chi connectivity index (χ1) is 8.99. The van der Waals surface area contributed by atoms with Crippen LogP contribution in [0.4, 0.5) is 5.13 Å². The van der Waals surface area contributed by atoms with Gasteiger partial charge in [0.25, 0.3) is 0 Å². The molecule has 2 fully saturated rings. The van der Waals surface area contributed by atoms with Crippen molar-refractivity contribution in [1.82, 2.24) is 15.1 Å². The molecule has 0 unspecified atom stereocenters. The van der Waals surface area contributed by atoms with Crippen LogP contribution in [0.1, 0.15) is 24.8 Å². The Morgan fingerprint density at radius 2 is 2.32 bits per heavy atom. The van der Waals surface area contributed by atoms with E-state index in [0.29, 0.717) is 17.3 Å². The number of thioether (sulfide) groups is 1. The van der Waals surface area contributed by atoms with Crippen molar-refractivity contribution in [2.45, 2.75) is 37.6 Å². The van der Waals surface area contributed by atoms with Crippen LogP contribution in [0, 0.1) is 6.92 Å². The number of amides is 2. The summed E-state index contributed by atoms with van der Waals surface area (Å²) < 4.78 is 0. The van der Waals surface area contributed by atoms with Gasteiger partial charge in [-0.15, -0.1) is 22.0 Å². The minimum absolute atomic E-state index is 0.0705. The number of aryl methyl sites for hydroxylation is 1. The molecule has 2 atom stereocenters. The zero-order valence-corrected chi connectivity index (χ0v) is 12.3. The fraction of sp³-hybridized carbons (Fsp3) is 0.636. The van der Waals surface area contributed by atoms with Crippen LogP contribution >= 0.6 is 23.1 Å². The zero-order valence-electron chi connectivity index (χ0n) is 10.7. The summed E-state index contributed by atoms with van der Waals surface area (Å²) in [7, 11) is 0. The summed E-state index contributed by atoms with van der Waals surface area (Å²) in [6.45, 7) is 3.87. The van der Waals surface area contributed by atoms with Crippen molar-refractivity contribution in [2.24, 2.45) is 0 Å². The molecule has 0 spiro atoms. The van der Waals surface area contributed by atoms with Gasteiger partial charge in [0.2, 0.25) is 16.9 Å². The Hall–Kier alpha value is -1.15. The molecule has 6 nitrogen and oxygen atoms in total. The van der Waals surface area contributed by atoms with Crippen LogP contribution in [-0.2, 0) is 9.59 Å². The van der Waals surface area contributed by atoms with E-state index in [1.165, 1.54) is 11.3 Å². The third kappa shape index (κ3) is 2.12. The lowest BCUT2D eigenvalue weighted by Gasteiger charge is -2.29. The van der Waals surface area contributed by atoms with Crippen molar-refractivity contribution in [3.05, 3.63) is 5.01 Å². The van der Waals surface area contributed by atoms with Crippen molar-refractivity contribution in [3.63, 3.8) is 0 Å². The van der Waals surface area contributed by atoms with E-state index < -0.39 is 6.04 Å². The van der Waals surface area contributed by atoms with E-state index in [1.54, 1.807) is 16.7 Å². The van der Waals surface area contributed by atoms with Gasteiger partial charge in [0.05, 0.1) is 4.87 Å². The number of fused-ring (bicyclic) bond motifs is 1. The van der Waals surface area contributed by atoms with E-state index in [4.69, 9.17) is 0 Å². The lowest BCUT2D eigenvalue weighted by Crippen LogP contribution is -2.48. The van der Waals surface area contributed by atoms with Gasteiger partial charge in [-0.05, 0) is 20.3 Å². The zero-order chi connectivity index (χ0) is 13.6. The molecule has 0 aromatic carbocycles. The van der Waals surface area contributed by atoms with Gasteiger partial charge < -0.3 is 4.90 Å². The lowest BCUT2D eigenvalue weighted by atomic mass is 10.2. The normalized spacial score (nSPS) is 29.7. The maximum atomic E-state index is 12.3. The number of nitrogens with zero attached hydrogens (tertiary/aromatic N) is 3. The minimum atomic E-state index is -0.394. The smallest absolute Gasteiger partial charge is 0.249 e. The summed E-state index contributed by atoms with van der Waals surface area (Å²) in [5, 5.41) is 11.8. The van der Waals surface area contributed by atoms with Crippen molar-refractivity contribution >= 4 is 40.0 Å². The van der Waals surface area contributed by atoms with Gasteiger partial charge in [-0.1, -0.05) is 11.3 Å². The summed E-state index contributed by atoms with van der Waals surface area (Å²) in [6.07, 6.45) is 1.35. The Bertz CT molecular complexity index is 547. The number of aromatic nitrogens is 2. The Morgan fingerprint density at radius 1 is 1.53 bits per heavy atom. The third-order valence-electron chi connectivity index (χ3n) is 3.50. The highest BCUT2D eigenvalue weighted by atomic mass is 32.2. The molecule has 2 aliphatic heterocycles. The molecule has 0 aliphatic carbocycles. The number of nitrogens with one attached hydrogen (secondary N) is 1. The Balaban J connectivity index is 1.76. The van der Waals surface area contributed by atoms with E-state index >= 15 is 0 Å². The first-order valence-electron chi connectivity index (χ1n) is 6.07. The molecule has 3 rings (SSSR count). The van der Waals surface area contributed by atoms with Crippen LogP contribution in [0.5, 0.6) is 0 Å². The maximum Gasteiger partial charge on any atom is 0.249 e. The molecule has 0 saturated carbocycles. The van der Waals surface area contributed by atoms with Crippen molar-refractivity contribution in [1.29, 1.82) is 0 Å². The molecule has 0 bridgehead atoms. The second-order valence-corrected chi connectivity index (χ2v) is 7.56. The molecule has 2 amide bonds. The summed E-state index contributed by atoms with van der Waals surface area (Å²) in [6, 6.07) is -0.394. The second kappa shape index (κ2) is 4.45. The van der Waals surface area contributed by atoms with E-state index in [-0.39, 0.29) is 16.7 Å². The first-order valence-corrected chi connectivity index (χ1v) is 7.87. The summed E-state index contributed by atoms with van der Waals surface area (Å²) in [5.41, 5.74) is 0. The van der Waals surface area contributed by atoms with E-state index in [9.17, 15) is 9.59 Å². The average Bonchev–Trinajstić information content (AvgIpc) is 2.97. The van der Waals surface area contributed by atoms with Crippen LogP contribution < -0.4 is 5.32 Å². The fourth-order valence-corrected chi connectivity index (χ4v) is 4.58. The Labute approximate surface area is 119 Å². The summed E-state index contributed by atoms with van der Waals surface area (Å²) in [4.78, 5) is 25.7. The summed E-state index contributed by atoms with van der Waals surface area (Å²) >= 11 is 3.02. The average molecular weight is 298 g/mol. The van der Waals surface area contributed by atoms with Gasteiger partial charge in [0.1, 0.15) is 11.0 Å². The van der Waals surface area contributed by atoms with Gasteiger partial charge in [0.15, 0.2) is 0 Å². The van der Waals surface area contributed by atoms with Crippen LogP contribution in [-0.4, -0.2) is 43.6 Å². The van der Waals surface area contributed by atoms with E-state index in [1.807, 2.05) is 13.8 Å². The molecule has 2 aliphatic rings. The van der Waals surface area contributed by atoms with E-state index in [2.05, 4.69) is 15.5 Å². The predicted octanol–water partition coefficient (Wildman–Crippen LogP) is 1.24. The second-order valence-electron chi connectivity index (χ2n) is 4.88. The Kier molecular flexibility index (Phi) is 3.01. The SMILES string of the molecule is Cc1nnc(NC(=O)[C@H]2CS[C@@]3(C)CCC(=O)N23)s1.